The summed E-state index contributed by atoms with van der Waals surface area (Å²) < 4.78 is 413. The third-order valence-electron chi connectivity index (χ3n) is 19.6. The smallest absolute Gasteiger partial charge is 0.255 e. The monoisotopic (exact) mass is 1870 g/mol. The van der Waals surface area contributed by atoms with Gasteiger partial charge in [0.15, 0.2) is 0 Å². The fourth-order valence-corrected chi connectivity index (χ4v) is 13.3. The molecule has 7 fully saturated rings. The first-order chi connectivity index (χ1) is 83.9. The second kappa shape index (κ2) is 37.6. The minimum absolute atomic E-state index is 0.126. The van der Waals surface area contributed by atoms with Crippen molar-refractivity contribution in [3.8, 4) is 0 Å². The van der Waals surface area contributed by atoms with Crippen LogP contribution in [0.5, 0.6) is 0 Å². The summed E-state index contributed by atoms with van der Waals surface area (Å²) in [5.74, 6) is -26.8. The molecule has 686 valence electrons. The zero-order valence-corrected chi connectivity index (χ0v) is 66.6. The van der Waals surface area contributed by atoms with E-state index < -0.39 is 493 Å². The molecule has 0 saturated carbocycles. The van der Waals surface area contributed by atoms with Crippen LogP contribution in [0.25, 0.3) is 0 Å². The molecule has 21 rings (SSSR count). The Morgan fingerprint density at radius 3 is 0.609 bits per heavy atom. The lowest BCUT2D eigenvalue weighted by atomic mass is 10.0. The highest BCUT2D eigenvalue weighted by Gasteiger charge is 2.48. The minimum Gasteiger partial charge on any atom is -0.398 e. The summed E-state index contributed by atoms with van der Waals surface area (Å²) in [5, 5.41) is 11.9. The Kier molecular flexibility index (Phi) is 13.2. The average molecular weight is 1870 g/mol. The predicted molar refractivity (Wildman–Crippen MR) is 468 cm³/mol. The van der Waals surface area contributed by atoms with Gasteiger partial charge >= 0.3 is 0 Å². The number of nitrogens with zero attached hydrogens (tertiary/aromatic N) is 7. The zero-order valence-electron chi connectivity index (χ0n) is 119. The number of nitrogens with two attached hydrogens (primary N) is 7. The normalized spacial score (nSPS) is 36.5. The van der Waals surface area contributed by atoms with Crippen LogP contribution in [0, 0.1) is 0 Å². The molecule has 7 saturated heterocycles. The first-order valence-corrected chi connectivity index (χ1v) is 37.5. The molecule has 0 radical (unpaired) electrons. The van der Waals surface area contributed by atoms with Crippen molar-refractivity contribution in [3.63, 3.8) is 0 Å². The van der Waals surface area contributed by atoms with Crippen molar-refractivity contribution in [1.29, 1.82) is 0 Å². The van der Waals surface area contributed by atoms with Gasteiger partial charge in [-0.2, -0.15) is 0 Å². The van der Waals surface area contributed by atoms with Crippen LogP contribution in [0.4, 0.5) is 39.8 Å². The van der Waals surface area contributed by atoms with Gasteiger partial charge in [-0.1, -0.05) is 42.3 Å². The number of carbonyl (C=O) groups is 21. The number of piperidine rings is 7. The molecule has 3 unspecified atom stereocenters. The molecule has 14 heterocycles. The van der Waals surface area contributed by atoms with Crippen LogP contribution in [0.3, 0.4) is 0 Å². The van der Waals surface area contributed by atoms with Gasteiger partial charge in [0.05, 0.1) is 49.3 Å². The molecular formula is C91H91N21O21. The van der Waals surface area contributed by atoms with Crippen LogP contribution in [0.2, 0.25) is 0 Å². The van der Waals surface area contributed by atoms with Crippen LogP contribution < -0.4 is 77.4 Å². The van der Waals surface area contributed by atoms with Gasteiger partial charge < -0.3 is 74.4 Å². The van der Waals surface area contributed by atoms with Gasteiger partial charge in [0.25, 0.3) is 41.4 Å². The number of nitrogen functional groups attached to an aromatic ring is 7. The van der Waals surface area contributed by atoms with Crippen LogP contribution in [0.1, 0.15) is 272 Å². The Labute approximate surface area is 829 Å². The third kappa shape index (κ3) is 18.4. The third-order valence-corrected chi connectivity index (χ3v) is 19.6. The van der Waals surface area contributed by atoms with E-state index in [0.29, 0.717) is 29.4 Å². The molecule has 7 aromatic carbocycles. The number of hydrogen-bond donors (Lipinski definition) is 14. The largest absolute Gasteiger partial charge is 0.398 e. The molecule has 0 bridgehead atoms. The summed E-state index contributed by atoms with van der Waals surface area (Å²) in [6, 6.07) is -34.4. The number of hydrogen-bond acceptors (Lipinski definition) is 28. The van der Waals surface area contributed by atoms with Gasteiger partial charge in [-0.05, 0) is 129 Å². The lowest BCUT2D eigenvalue weighted by molar-refractivity contribution is -0.138. The fourth-order valence-electron chi connectivity index (χ4n) is 13.3. The van der Waals surface area contributed by atoms with Crippen molar-refractivity contribution in [2.45, 2.75) is 177 Å². The first-order valence-electron chi connectivity index (χ1n) is 63.5. The van der Waals surface area contributed by atoms with E-state index in [4.69, 9.17) is 111 Å². The van der Waals surface area contributed by atoms with E-state index in [9.17, 15) is 101 Å². The van der Waals surface area contributed by atoms with Crippen LogP contribution in [0.15, 0.2) is 127 Å². The number of amides is 21. The number of anilines is 7. The quantitative estimate of drug-likeness (QED) is 0.0749. The number of benzene rings is 7. The maximum absolute atomic E-state index is 13.0. The van der Waals surface area contributed by atoms with Crippen molar-refractivity contribution in [1.82, 2.24) is 71.5 Å². The van der Waals surface area contributed by atoms with Gasteiger partial charge in [0.2, 0.25) is 82.7 Å². The molecule has 133 heavy (non-hydrogen) atoms. The standard InChI is InChI=1S/7C13H13N3O3/c7*14-9-3-1-2-7-8(9)6-16(13(7)19)10-4-5-11(17)15-12(10)18/h7*1-3,10H,4-6,14H2,(H,15,17,18)/t4*10-;;;/m1100.../s1/i1D,2D,3D,4D2,5D2,10D;1D,2D,3D,6D2,10D;1D,2D,3D,4D2,5D2,10D;1D,2D,3D,6D2,10D;1D,2D,3D,4D2,5D2,6D2,10D;1D,2D,3D,4D2,5D2,10D;1D,2D,3D,6D2,10D. The summed E-state index contributed by atoms with van der Waals surface area (Å²) in [4.78, 5) is 258. The maximum atomic E-state index is 13.0. The first kappa shape index (κ1) is 46.6. The number of imide groups is 7. The van der Waals surface area contributed by atoms with Crippen molar-refractivity contribution in [3.05, 3.63) is 205 Å². The molecular weight excluding hydrogens is 1720 g/mol. The van der Waals surface area contributed by atoms with Crippen LogP contribution >= 0.6 is 0 Å². The zero-order chi connectivity index (χ0) is 141. The summed E-state index contributed by atoms with van der Waals surface area (Å²) in [6.45, 7) is -13.5. The van der Waals surface area contributed by atoms with Gasteiger partial charge in [-0.15, -0.1) is 0 Å². The Balaban J connectivity index is 0.000000156. The second-order valence-corrected chi connectivity index (χ2v) is 27.8. The Bertz CT molecular complexity index is 8580. The summed E-state index contributed by atoms with van der Waals surface area (Å²) in [7, 11) is 0. The van der Waals surface area contributed by atoms with E-state index >= 15 is 0 Å². The van der Waals surface area contributed by atoms with E-state index in [1.807, 2.05) is 16.0 Å². The minimum atomic E-state index is -3.73. The molecule has 7 aromatic rings. The van der Waals surface area contributed by atoms with Gasteiger partial charge in [-0.3, -0.25) is 138 Å². The Morgan fingerprint density at radius 2 is 0.398 bits per heavy atom. The van der Waals surface area contributed by atoms with Crippen molar-refractivity contribution < 1.29 is 172 Å². The molecule has 0 aromatic heterocycles. The topological polar surface area (TPSA) is 648 Å². The summed E-state index contributed by atoms with van der Waals surface area (Å²) in [6.07, 6.45) is -29.6. The summed E-state index contributed by atoms with van der Waals surface area (Å²) in [5.41, 5.74) is 30.2. The van der Waals surface area contributed by atoms with E-state index in [0.717, 1.165) is 0 Å². The van der Waals surface area contributed by atoms with E-state index in [1.54, 1.807) is 16.0 Å². The van der Waals surface area contributed by atoms with Gasteiger partial charge in [0, 0.05) is 230 Å². The predicted octanol–water partition coefficient (Wildman–Crippen LogP) is 0.209. The molecule has 21 amide bonds. The Morgan fingerprint density at radius 1 is 0.233 bits per heavy atom. The highest BCUT2D eigenvalue weighted by Crippen LogP contribution is 2.39. The second-order valence-electron chi connectivity index (χ2n) is 27.8. The van der Waals surface area contributed by atoms with E-state index in [-0.39, 0.29) is 57.9 Å². The highest BCUT2D eigenvalue weighted by atomic mass is 16.2. The van der Waals surface area contributed by atoms with E-state index in [1.165, 1.54) is 5.32 Å². The molecule has 7 atom stereocenters. The molecule has 14 aliphatic rings. The van der Waals surface area contributed by atoms with Gasteiger partial charge in [0.1, 0.15) is 42.1 Å². The summed E-state index contributed by atoms with van der Waals surface area (Å²) >= 11 is 0. The SMILES string of the molecule is [2H]c1c([2H])c(N)c2c(c1[2H])C(=O)N(C1([2H])C(=O)NC(=O)C([2H])([2H])C1([2H])[2H])C2.[2H]c1c([2H])c(N)c2c(c1[2H])C(=O)N(C1([2H])C(=O)NC(=O)C([2H])([2H])C1([2H])[2H])C2([2H])[2H].[2H]c1c([2H])c(N)c2c(c1[2H])C(=O)N(C1([2H])CCC(=O)NC1=O)C2([2H])[2H].[2H]c1c([2H])c(N)c2c(c1[2H])C(=O)N([C@@]1([2H])C(=O)NC(=O)C([2H])([2H])C1([2H])[2H])C2.[2H]c1c([2H])c(N)c2c(c1[2H])C(=O)N([C@@]1([2H])CCC(=O)NC1=O)C2([2H])[2H].[2H]c1c([2H])c(N)c2c(c1[2H])C(=O)N([C@]1([2H])C(=O)NC(=O)C([2H])([2H])C1([2H])[2H])C2.[2H]c1c([2H])c(N)c2c(c1[2H])C(=O)N([C@]1([2H])CCC(=O)NC1=O)C2([2H])[2H]. The van der Waals surface area contributed by atoms with E-state index in [2.05, 4.69) is 0 Å². The van der Waals surface area contributed by atoms with Crippen molar-refractivity contribution in [2.75, 3.05) is 40.1 Å². The average Bonchev–Trinajstić information content (AvgIpc) is 1.52. The number of fused-ring (bicyclic) bond motifs is 7. The van der Waals surface area contributed by atoms with Crippen LogP contribution in [-0.2, 0) is 113 Å². The number of rotatable bonds is 7. The molecule has 42 heteroatoms. The fraction of sp³-hybridized carbons (Fsp3) is 0.308. The lowest BCUT2D eigenvalue weighted by Gasteiger charge is -2.29. The molecule has 0 aliphatic carbocycles. The maximum Gasteiger partial charge on any atom is 0.255 e. The van der Waals surface area contributed by atoms with Crippen molar-refractivity contribution >= 4 is 164 Å². The number of nitrogens with one attached hydrogen (secondary N) is 7. The molecule has 14 aliphatic heterocycles. The molecule has 42 nitrogen and oxygen atoms in total. The van der Waals surface area contributed by atoms with Gasteiger partial charge in [-0.25, -0.2) is 0 Å². The van der Waals surface area contributed by atoms with Crippen LogP contribution in [-0.4, -0.2) is 200 Å². The number of carbonyl (C=O) groups excluding carboxylic acids is 21. The van der Waals surface area contributed by atoms with Crippen molar-refractivity contribution in [2.24, 2.45) is 0 Å². The molecule has 0 spiro atoms. The lowest BCUT2D eigenvalue weighted by Crippen LogP contribution is -2.52. The molecule has 21 N–H and O–H groups in total. The Hall–Kier alpha value is -16.6. The highest BCUT2D eigenvalue weighted by molar-refractivity contribution is 6.13.